The highest BCUT2D eigenvalue weighted by Crippen LogP contribution is 2.24. The van der Waals surface area contributed by atoms with Crippen LogP contribution in [-0.2, 0) is 10.0 Å². The molecular weight excluding hydrogens is 286 g/mol. The van der Waals surface area contributed by atoms with Crippen molar-refractivity contribution in [3.63, 3.8) is 0 Å². The number of benzene rings is 1. The maximum Gasteiger partial charge on any atom is 0.235 e. The molecule has 0 saturated heterocycles. The molecule has 1 heterocycles. The second-order valence-corrected chi connectivity index (χ2v) is 7.73. The Bertz CT molecular complexity index is 744. The lowest BCUT2D eigenvalue weighted by Crippen LogP contribution is -2.23. The van der Waals surface area contributed by atoms with Gasteiger partial charge in [0.25, 0.3) is 0 Å². The Morgan fingerprint density at radius 2 is 1.67 bits per heavy atom. The van der Waals surface area contributed by atoms with Crippen LogP contribution in [0.5, 0.6) is 0 Å². The van der Waals surface area contributed by atoms with Crippen molar-refractivity contribution < 1.29 is 8.42 Å². The molecule has 2 rings (SSSR count). The van der Waals surface area contributed by atoms with E-state index >= 15 is 0 Å². The summed E-state index contributed by atoms with van der Waals surface area (Å²) in [7, 11) is -3.38. The van der Waals surface area contributed by atoms with Gasteiger partial charge in [0, 0.05) is 0 Å². The normalized spacial score (nSPS) is 11.9. The maximum absolute atomic E-state index is 12.0. The average Bonchev–Trinajstić information content (AvgIpc) is 2.67. The minimum absolute atomic E-state index is 0.487. The van der Waals surface area contributed by atoms with Gasteiger partial charge >= 0.3 is 0 Å². The molecule has 114 valence electrons. The largest absolute Gasteiger partial charge is 0.280 e. The molecule has 0 saturated carbocycles. The van der Waals surface area contributed by atoms with Crippen molar-refractivity contribution in [1.29, 1.82) is 0 Å². The maximum atomic E-state index is 12.0. The molecule has 0 atom stereocenters. The molecule has 2 aromatic rings. The first kappa shape index (κ1) is 15.6. The van der Waals surface area contributed by atoms with Crippen molar-refractivity contribution in [2.75, 3.05) is 4.72 Å². The third kappa shape index (κ3) is 3.10. The van der Waals surface area contributed by atoms with Crippen molar-refractivity contribution in [3.05, 3.63) is 41.2 Å². The first-order chi connectivity index (χ1) is 9.72. The number of hydrogen-bond donors (Lipinski definition) is 1. The molecule has 0 bridgehead atoms. The molecule has 1 N–H and O–H groups in total. The number of nitrogens with one attached hydrogen (secondary N) is 1. The SMILES string of the molecule is Cc1ccc(-n2nc(C)c(NS(=O)(=O)C(C)C)c2C)cc1. The molecule has 1 aromatic carbocycles. The third-order valence-corrected chi connectivity index (χ3v) is 5.16. The van der Waals surface area contributed by atoms with Crippen molar-refractivity contribution >= 4 is 15.7 Å². The van der Waals surface area contributed by atoms with E-state index in [2.05, 4.69) is 9.82 Å². The van der Waals surface area contributed by atoms with Crippen molar-refractivity contribution in [3.8, 4) is 5.69 Å². The molecule has 0 amide bonds. The predicted octanol–water partition coefficient (Wildman–Crippen LogP) is 2.95. The topological polar surface area (TPSA) is 64.0 Å². The fourth-order valence-corrected chi connectivity index (χ4v) is 2.80. The number of nitrogens with zero attached hydrogens (tertiary/aromatic N) is 2. The smallest absolute Gasteiger partial charge is 0.235 e. The van der Waals surface area contributed by atoms with Gasteiger partial charge in [-0.3, -0.25) is 4.72 Å². The first-order valence-electron chi connectivity index (χ1n) is 6.87. The van der Waals surface area contributed by atoms with Gasteiger partial charge in [0.05, 0.1) is 28.0 Å². The monoisotopic (exact) mass is 307 g/mol. The number of rotatable bonds is 4. The summed E-state index contributed by atoms with van der Waals surface area (Å²) in [6.45, 7) is 8.98. The Morgan fingerprint density at radius 3 is 2.19 bits per heavy atom. The minimum atomic E-state index is -3.38. The molecule has 21 heavy (non-hydrogen) atoms. The Hall–Kier alpha value is -1.82. The number of aromatic nitrogens is 2. The number of hydrogen-bond acceptors (Lipinski definition) is 3. The Labute approximate surface area is 126 Å². The second-order valence-electron chi connectivity index (χ2n) is 5.49. The van der Waals surface area contributed by atoms with E-state index < -0.39 is 15.3 Å². The van der Waals surface area contributed by atoms with Gasteiger partial charge in [-0.25, -0.2) is 13.1 Å². The van der Waals surface area contributed by atoms with Crippen LogP contribution >= 0.6 is 0 Å². The van der Waals surface area contributed by atoms with E-state index in [1.165, 1.54) is 5.56 Å². The highest BCUT2D eigenvalue weighted by atomic mass is 32.2. The second kappa shape index (κ2) is 5.52. The summed E-state index contributed by atoms with van der Waals surface area (Å²) in [6.07, 6.45) is 0. The predicted molar refractivity (Wildman–Crippen MR) is 85.5 cm³/mol. The summed E-state index contributed by atoms with van der Waals surface area (Å²) >= 11 is 0. The van der Waals surface area contributed by atoms with E-state index in [1.54, 1.807) is 25.5 Å². The van der Waals surface area contributed by atoms with E-state index in [0.717, 1.165) is 11.4 Å². The van der Waals surface area contributed by atoms with Crippen LogP contribution in [0.25, 0.3) is 5.69 Å². The zero-order chi connectivity index (χ0) is 15.8. The number of aryl methyl sites for hydroxylation is 2. The Morgan fingerprint density at radius 1 is 1.10 bits per heavy atom. The van der Waals surface area contributed by atoms with Crippen LogP contribution in [0, 0.1) is 20.8 Å². The molecule has 0 spiro atoms. The van der Waals surface area contributed by atoms with Crippen LogP contribution in [0.1, 0.15) is 30.8 Å². The summed E-state index contributed by atoms with van der Waals surface area (Å²) in [4.78, 5) is 0. The van der Waals surface area contributed by atoms with Crippen LogP contribution in [0.4, 0.5) is 5.69 Å². The third-order valence-electron chi connectivity index (χ3n) is 3.43. The van der Waals surface area contributed by atoms with Crippen molar-refractivity contribution in [2.45, 2.75) is 39.9 Å². The van der Waals surface area contributed by atoms with E-state index in [9.17, 15) is 8.42 Å². The highest BCUT2D eigenvalue weighted by Gasteiger charge is 2.21. The van der Waals surface area contributed by atoms with Gasteiger partial charge < -0.3 is 0 Å². The van der Waals surface area contributed by atoms with Crippen LogP contribution in [0.3, 0.4) is 0 Å². The zero-order valence-electron chi connectivity index (χ0n) is 13.0. The lowest BCUT2D eigenvalue weighted by Gasteiger charge is -2.11. The highest BCUT2D eigenvalue weighted by molar-refractivity contribution is 7.93. The molecule has 0 aliphatic carbocycles. The van der Waals surface area contributed by atoms with E-state index in [0.29, 0.717) is 11.4 Å². The lowest BCUT2D eigenvalue weighted by molar-refractivity contribution is 0.592. The van der Waals surface area contributed by atoms with Crippen LogP contribution in [0.15, 0.2) is 24.3 Å². The van der Waals surface area contributed by atoms with Gasteiger partial charge in [0.2, 0.25) is 10.0 Å². The fraction of sp³-hybridized carbons (Fsp3) is 0.400. The summed E-state index contributed by atoms with van der Waals surface area (Å²) in [6, 6.07) is 7.94. The fourth-order valence-electron chi connectivity index (χ4n) is 1.99. The Kier molecular flexibility index (Phi) is 4.09. The summed E-state index contributed by atoms with van der Waals surface area (Å²) in [5.74, 6) is 0. The van der Waals surface area contributed by atoms with Gasteiger partial charge in [-0.05, 0) is 46.8 Å². The van der Waals surface area contributed by atoms with Gasteiger partial charge in [0.15, 0.2) is 0 Å². The van der Waals surface area contributed by atoms with Crippen LogP contribution < -0.4 is 4.72 Å². The molecule has 1 aromatic heterocycles. The first-order valence-corrected chi connectivity index (χ1v) is 8.42. The molecule has 0 aliphatic rings. The van der Waals surface area contributed by atoms with Crippen molar-refractivity contribution in [2.24, 2.45) is 0 Å². The van der Waals surface area contributed by atoms with E-state index in [4.69, 9.17) is 0 Å². The van der Waals surface area contributed by atoms with Crippen LogP contribution in [-0.4, -0.2) is 23.4 Å². The van der Waals surface area contributed by atoms with Gasteiger partial charge in [-0.1, -0.05) is 17.7 Å². The number of sulfonamides is 1. The van der Waals surface area contributed by atoms with E-state index in [1.807, 2.05) is 38.1 Å². The van der Waals surface area contributed by atoms with E-state index in [-0.39, 0.29) is 0 Å². The average molecular weight is 307 g/mol. The molecular formula is C15H21N3O2S. The summed E-state index contributed by atoms with van der Waals surface area (Å²) < 4.78 is 28.5. The summed E-state index contributed by atoms with van der Waals surface area (Å²) in [5.41, 5.74) is 4.08. The standard InChI is InChI=1S/C15H21N3O2S/c1-10(2)21(19,20)17-15-12(4)16-18(13(15)5)14-8-6-11(3)7-9-14/h6-10,17H,1-5H3. The molecule has 5 nitrogen and oxygen atoms in total. The lowest BCUT2D eigenvalue weighted by atomic mass is 10.2. The van der Waals surface area contributed by atoms with Crippen molar-refractivity contribution in [1.82, 2.24) is 9.78 Å². The molecule has 0 aliphatic heterocycles. The van der Waals surface area contributed by atoms with Gasteiger partial charge in [0.1, 0.15) is 0 Å². The Balaban J connectivity index is 2.45. The molecule has 0 fully saturated rings. The van der Waals surface area contributed by atoms with Gasteiger partial charge in [-0.2, -0.15) is 5.10 Å². The molecule has 0 unspecified atom stereocenters. The zero-order valence-corrected chi connectivity index (χ0v) is 13.8. The summed E-state index contributed by atoms with van der Waals surface area (Å²) in [5, 5.41) is 3.96. The van der Waals surface area contributed by atoms with Crippen LogP contribution in [0.2, 0.25) is 0 Å². The number of anilines is 1. The molecule has 0 radical (unpaired) electrons. The quantitative estimate of drug-likeness (QED) is 0.944. The molecule has 6 heteroatoms. The minimum Gasteiger partial charge on any atom is -0.280 e. The van der Waals surface area contributed by atoms with Gasteiger partial charge in [-0.15, -0.1) is 0 Å².